The Balaban J connectivity index is 0.000000156. The van der Waals surface area contributed by atoms with E-state index in [4.69, 9.17) is 8.83 Å². The van der Waals surface area contributed by atoms with Gasteiger partial charge in [-0.2, -0.15) is 0 Å². The molecule has 0 atom stereocenters. The summed E-state index contributed by atoms with van der Waals surface area (Å²) in [6.07, 6.45) is 0. The van der Waals surface area contributed by atoms with Crippen LogP contribution in [0.1, 0.15) is 50.7 Å². The lowest BCUT2D eigenvalue weighted by atomic mass is 10.0. The largest absolute Gasteiger partial charge is 0.454 e. The van der Waals surface area contributed by atoms with Crippen LogP contribution in [0.5, 0.6) is 0 Å². The van der Waals surface area contributed by atoms with Crippen molar-refractivity contribution in [2.45, 2.75) is 78.8 Å². The van der Waals surface area contributed by atoms with Crippen molar-refractivity contribution < 1.29 is 8.83 Å². The molecular formula is C52H40Br6I2O2S8Si2. The molecule has 372 valence electrons. The molecule has 0 aliphatic heterocycles. The van der Waals surface area contributed by atoms with Crippen LogP contribution in [0.4, 0.5) is 0 Å². The average molecular weight is 1740 g/mol. The Morgan fingerprint density at radius 2 is 0.736 bits per heavy atom. The summed E-state index contributed by atoms with van der Waals surface area (Å²) in [5, 5.41) is 2.18. The van der Waals surface area contributed by atoms with Crippen molar-refractivity contribution in [1.82, 2.24) is 0 Å². The van der Waals surface area contributed by atoms with E-state index in [0.29, 0.717) is 11.8 Å². The zero-order valence-electron chi connectivity index (χ0n) is 39.9. The van der Waals surface area contributed by atoms with E-state index in [2.05, 4.69) is 256 Å². The molecule has 2 aromatic carbocycles. The average Bonchev–Trinajstić information content (AvgIpc) is 4.20. The number of hydrogen-bond acceptors (Lipinski definition) is 10. The molecular weight excluding hydrogens is 1700 g/mol. The fourth-order valence-electron chi connectivity index (χ4n) is 8.27. The topological polar surface area (TPSA) is 26.3 Å². The molecule has 0 saturated heterocycles. The van der Waals surface area contributed by atoms with Crippen molar-refractivity contribution in [3.63, 3.8) is 0 Å². The third kappa shape index (κ3) is 9.52. The lowest BCUT2D eigenvalue weighted by Crippen LogP contribution is -2.34. The fraction of sp³-hybridized carbons (Fsp3) is 0.231. The quantitative estimate of drug-likeness (QED) is 0.112. The Morgan fingerprint density at radius 3 is 1.06 bits per heavy atom. The summed E-state index contributed by atoms with van der Waals surface area (Å²) in [7, 11) is -2.57. The van der Waals surface area contributed by atoms with Gasteiger partial charge in [0.15, 0.2) is 11.5 Å². The first kappa shape index (κ1) is 54.9. The Bertz CT molecular complexity index is 3890. The SMILES string of the molecule is CC(C)c1ccc2c(Br)c(-c3sc4c(Br)c(-c5oc6cc(C(C)C)ccc6c5Br)sc4c3Br)oc2c1.C[Si](C)(C)c1cc2sc(-c3sc4c(Br)c(-c5sc6cc([Si](C)(C)C)sc6c5I)sc4c3Br)c(I)c2s1. The maximum Gasteiger partial charge on any atom is 0.160 e. The van der Waals surface area contributed by atoms with Gasteiger partial charge in [-0.25, -0.2) is 0 Å². The molecule has 0 amide bonds. The monoisotopic (exact) mass is 1740 g/mol. The zero-order chi connectivity index (χ0) is 51.4. The van der Waals surface area contributed by atoms with E-state index in [1.54, 1.807) is 31.7 Å². The van der Waals surface area contributed by atoms with Gasteiger partial charge in [0, 0.05) is 20.2 Å². The van der Waals surface area contributed by atoms with Crippen LogP contribution in [0.3, 0.4) is 0 Å². The molecule has 2 nitrogen and oxygen atoms in total. The number of furan rings is 2. The number of rotatable bonds is 8. The summed E-state index contributed by atoms with van der Waals surface area (Å²) in [4.78, 5) is 7.72. The van der Waals surface area contributed by atoms with Crippen molar-refractivity contribution in [2.24, 2.45) is 0 Å². The normalized spacial score (nSPS) is 12.8. The molecule has 0 fully saturated rings. The molecule has 72 heavy (non-hydrogen) atoms. The van der Waals surface area contributed by atoms with E-state index in [-0.39, 0.29) is 0 Å². The first-order valence-electron chi connectivity index (χ1n) is 22.6. The molecule has 12 rings (SSSR count). The van der Waals surface area contributed by atoms with Gasteiger partial charge < -0.3 is 8.83 Å². The highest BCUT2D eigenvalue weighted by molar-refractivity contribution is 14.1. The molecule has 0 spiro atoms. The Kier molecular flexibility index (Phi) is 15.6. The smallest absolute Gasteiger partial charge is 0.160 e. The molecule has 0 N–H and O–H groups in total. The van der Waals surface area contributed by atoms with Gasteiger partial charge in [-0.05, 0) is 209 Å². The van der Waals surface area contributed by atoms with E-state index in [9.17, 15) is 0 Å². The standard InChI is InChI=1S/C28H20Br4O2S2.C24H20Br2I2S6Si2/c1-11(2)13-5-7-15-17(9-13)33-23(19(15)29)25-21(31)27-28(35-25)22(32)26(36-27)24-20(30)16-8-6-14(12(3)4)10-18(16)34-24;1-35(2,3)11-7-9-17(31-11)15(27)23(29-9)21-13(25)19-20(33-21)14(26)22(34-19)24-16(28)18-10(30-24)8-12(32-18)36(4,5)6/h5-12H,1-4H3;7-8H,1-6H3. The van der Waals surface area contributed by atoms with Crippen molar-refractivity contribution in [1.29, 1.82) is 0 Å². The van der Waals surface area contributed by atoms with Gasteiger partial charge in [-0.1, -0.05) is 79.1 Å². The lowest BCUT2D eigenvalue weighted by Gasteiger charge is -2.12. The van der Waals surface area contributed by atoms with Gasteiger partial charge in [-0.3, -0.25) is 0 Å². The van der Waals surface area contributed by atoms with E-state index < -0.39 is 16.1 Å². The van der Waals surface area contributed by atoms with Crippen LogP contribution in [-0.2, 0) is 0 Å². The van der Waals surface area contributed by atoms with Crippen LogP contribution in [0.25, 0.3) is 100 Å². The van der Waals surface area contributed by atoms with Crippen LogP contribution >= 0.6 is 231 Å². The molecule has 0 unspecified atom stereocenters. The second kappa shape index (κ2) is 20.5. The highest BCUT2D eigenvalue weighted by Crippen LogP contribution is 2.59. The van der Waals surface area contributed by atoms with Crippen LogP contribution in [0.15, 0.2) is 84.2 Å². The second-order valence-corrected chi connectivity index (χ2v) is 46.2. The Hall–Kier alpha value is 0.934. The van der Waals surface area contributed by atoms with Crippen LogP contribution in [0, 0.1) is 7.14 Å². The first-order valence-corrected chi connectivity index (χ1v) is 43.1. The van der Waals surface area contributed by atoms with Crippen molar-refractivity contribution >= 4 is 316 Å². The molecule has 0 aliphatic carbocycles. The third-order valence-electron chi connectivity index (χ3n) is 12.4. The Labute approximate surface area is 529 Å². The maximum absolute atomic E-state index is 6.40. The minimum Gasteiger partial charge on any atom is -0.454 e. The van der Waals surface area contributed by atoms with Crippen molar-refractivity contribution in [3.05, 3.63) is 93.6 Å². The summed E-state index contributed by atoms with van der Waals surface area (Å²) in [6.45, 7) is 23.4. The highest BCUT2D eigenvalue weighted by Gasteiger charge is 2.31. The van der Waals surface area contributed by atoms with Gasteiger partial charge in [-0.15, -0.1) is 90.7 Å². The first-order chi connectivity index (χ1) is 33.9. The van der Waals surface area contributed by atoms with Gasteiger partial charge in [0.2, 0.25) is 0 Å². The number of benzene rings is 2. The zero-order valence-corrected chi connectivity index (χ0v) is 62.2. The molecule has 20 heteroatoms. The van der Waals surface area contributed by atoms with Gasteiger partial charge >= 0.3 is 0 Å². The number of thiophene rings is 8. The molecule has 0 aliphatic rings. The van der Waals surface area contributed by atoms with E-state index in [0.717, 1.165) is 61.1 Å². The lowest BCUT2D eigenvalue weighted by molar-refractivity contribution is 0.630. The van der Waals surface area contributed by atoms with Crippen LogP contribution in [0.2, 0.25) is 39.3 Å². The summed E-state index contributed by atoms with van der Waals surface area (Å²) in [6, 6.07) is 17.9. The van der Waals surface area contributed by atoms with Crippen LogP contribution < -0.4 is 9.00 Å². The van der Waals surface area contributed by atoms with Crippen molar-refractivity contribution in [2.75, 3.05) is 0 Å². The summed E-state index contributed by atoms with van der Waals surface area (Å²) in [5.74, 6) is 2.60. The second-order valence-electron chi connectivity index (χ2n) is 20.2. The maximum atomic E-state index is 6.40. The van der Waals surface area contributed by atoms with Crippen molar-refractivity contribution in [3.8, 4) is 40.8 Å². The number of hydrogen-bond donors (Lipinski definition) is 0. The fourth-order valence-corrected chi connectivity index (χ4v) is 31.1. The summed E-state index contributed by atoms with van der Waals surface area (Å²) < 4.78 is 36.3. The van der Waals surface area contributed by atoms with E-state index in [1.165, 1.54) is 84.3 Å². The molecule has 0 bridgehead atoms. The van der Waals surface area contributed by atoms with Crippen LogP contribution in [-0.4, -0.2) is 16.1 Å². The minimum atomic E-state index is -1.28. The van der Waals surface area contributed by atoms with Gasteiger partial charge in [0.1, 0.15) is 11.2 Å². The summed E-state index contributed by atoms with van der Waals surface area (Å²) >= 11 is 43.9. The molecule has 10 heterocycles. The third-order valence-corrected chi connectivity index (χ3v) is 40.3. The number of fused-ring (bicyclic) bond motifs is 6. The molecule has 0 saturated carbocycles. The van der Waals surface area contributed by atoms with Gasteiger partial charge in [0.05, 0.1) is 108 Å². The van der Waals surface area contributed by atoms with E-state index >= 15 is 0 Å². The molecule has 0 radical (unpaired) electrons. The molecule has 10 aromatic heterocycles. The van der Waals surface area contributed by atoms with Gasteiger partial charge in [0.25, 0.3) is 0 Å². The summed E-state index contributed by atoms with van der Waals surface area (Å²) in [5.41, 5.74) is 4.34. The van der Waals surface area contributed by atoms with E-state index in [1.807, 2.05) is 68.0 Å². The predicted octanol–water partition coefficient (Wildman–Crippen LogP) is 25.8. The highest BCUT2D eigenvalue weighted by atomic mass is 127. The molecule has 12 aromatic rings. The Morgan fingerprint density at radius 1 is 0.403 bits per heavy atom. The number of halogens is 8. The minimum absolute atomic E-state index is 0.449. The predicted molar refractivity (Wildman–Crippen MR) is 373 cm³/mol.